The van der Waals surface area contributed by atoms with E-state index in [0.29, 0.717) is 5.78 Å². The zero-order valence-electron chi connectivity index (χ0n) is 12.4. The van der Waals surface area contributed by atoms with Gasteiger partial charge in [0.1, 0.15) is 5.78 Å². The lowest BCUT2D eigenvalue weighted by Crippen LogP contribution is -2.32. The molecule has 0 aromatic heterocycles. The maximum atomic E-state index is 12.4. The molecule has 3 heteroatoms. The third-order valence-electron chi connectivity index (χ3n) is 5.12. The minimum absolute atomic E-state index is 0.0291. The molecular weight excluding hydrogens is 238 g/mol. The Bertz CT molecular complexity index is 278. The van der Waals surface area contributed by atoms with Crippen molar-refractivity contribution >= 4 is 5.78 Å². The highest BCUT2D eigenvalue weighted by molar-refractivity contribution is 5.85. The maximum absolute atomic E-state index is 12.4. The van der Waals surface area contributed by atoms with E-state index in [0.717, 1.165) is 57.9 Å². The number of hydrogen-bond acceptors (Lipinski definition) is 3. The van der Waals surface area contributed by atoms with Crippen LogP contribution in [0.1, 0.15) is 58.3 Å². The van der Waals surface area contributed by atoms with Crippen molar-refractivity contribution in [3.63, 3.8) is 0 Å². The summed E-state index contributed by atoms with van der Waals surface area (Å²) in [6, 6.07) is 0. The molecule has 0 aromatic rings. The Kier molecular flexibility index (Phi) is 5.83. The molecule has 19 heavy (non-hydrogen) atoms. The van der Waals surface area contributed by atoms with Crippen molar-refractivity contribution in [2.45, 2.75) is 58.3 Å². The number of carbonyl (C=O) groups is 1. The molecule has 0 saturated carbocycles. The molecule has 2 saturated heterocycles. The first-order chi connectivity index (χ1) is 9.27. The van der Waals surface area contributed by atoms with Crippen LogP contribution in [0.5, 0.6) is 0 Å². The molecule has 0 aromatic carbocycles. The van der Waals surface area contributed by atoms with Crippen LogP contribution in [0.3, 0.4) is 0 Å². The number of nitrogens with one attached hydrogen (secondary N) is 1. The number of rotatable bonds is 7. The van der Waals surface area contributed by atoms with Gasteiger partial charge in [-0.05, 0) is 44.6 Å². The van der Waals surface area contributed by atoms with Gasteiger partial charge in [0, 0.05) is 31.6 Å². The lowest BCUT2D eigenvalue weighted by molar-refractivity contribution is -0.128. The first kappa shape index (κ1) is 15.0. The summed E-state index contributed by atoms with van der Waals surface area (Å²) in [4.78, 5) is 12.4. The molecule has 0 aliphatic carbocycles. The average Bonchev–Trinajstić information content (AvgIpc) is 2.94. The number of Topliss-reactive ketones (excluding diaryl/α,β-unsaturated/α-hetero) is 1. The van der Waals surface area contributed by atoms with Gasteiger partial charge in [0.05, 0.1) is 0 Å². The highest BCUT2D eigenvalue weighted by Crippen LogP contribution is 2.32. The molecule has 0 spiro atoms. The number of carbonyl (C=O) groups excluding carboxylic acids is 1. The molecule has 1 N–H and O–H groups in total. The van der Waals surface area contributed by atoms with Gasteiger partial charge in [-0.25, -0.2) is 0 Å². The van der Waals surface area contributed by atoms with Crippen LogP contribution < -0.4 is 5.32 Å². The van der Waals surface area contributed by atoms with Crippen LogP contribution in [-0.4, -0.2) is 32.1 Å². The van der Waals surface area contributed by atoms with Gasteiger partial charge >= 0.3 is 0 Å². The van der Waals surface area contributed by atoms with E-state index in [4.69, 9.17) is 4.74 Å². The van der Waals surface area contributed by atoms with Crippen molar-refractivity contribution in [3.8, 4) is 0 Å². The molecule has 0 radical (unpaired) electrons. The third kappa shape index (κ3) is 4.03. The quantitative estimate of drug-likeness (QED) is 0.721. The highest BCUT2D eigenvalue weighted by atomic mass is 16.5. The molecule has 2 heterocycles. The Balaban J connectivity index is 1.63. The van der Waals surface area contributed by atoms with Crippen molar-refractivity contribution < 1.29 is 9.53 Å². The Labute approximate surface area is 117 Å². The van der Waals surface area contributed by atoms with Gasteiger partial charge < -0.3 is 10.1 Å². The fourth-order valence-electron chi connectivity index (χ4n) is 3.50. The number of ether oxygens (including phenoxy) is 1. The maximum Gasteiger partial charge on any atom is 0.140 e. The topological polar surface area (TPSA) is 38.3 Å². The Morgan fingerprint density at radius 2 is 2.11 bits per heavy atom. The number of unbranched alkanes of at least 4 members (excludes halogenated alkanes) is 1. The first-order valence-electron chi connectivity index (χ1n) is 8.08. The van der Waals surface area contributed by atoms with E-state index < -0.39 is 0 Å². The Morgan fingerprint density at radius 1 is 1.32 bits per heavy atom. The zero-order valence-corrected chi connectivity index (χ0v) is 12.4. The Morgan fingerprint density at radius 3 is 2.74 bits per heavy atom. The van der Waals surface area contributed by atoms with Gasteiger partial charge in [0.2, 0.25) is 0 Å². The SMILES string of the molecule is CCC1(C(=O)CCCCC2CCOCC2)CCNC1. The van der Waals surface area contributed by atoms with E-state index in [2.05, 4.69) is 12.2 Å². The van der Waals surface area contributed by atoms with Gasteiger partial charge in [-0.1, -0.05) is 19.8 Å². The van der Waals surface area contributed by atoms with Crippen LogP contribution in [0, 0.1) is 11.3 Å². The summed E-state index contributed by atoms with van der Waals surface area (Å²) < 4.78 is 5.38. The Hall–Kier alpha value is -0.410. The van der Waals surface area contributed by atoms with Crippen LogP contribution >= 0.6 is 0 Å². The van der Waals surface area contributed by atoms with Crippen molar-refractivity contribution in [2.24, 2.45) is 11.3 Å². The zero-order chi connectivity index (χ0) is 13.6. The average molecular weight is 267 g/mol. The third-order valence-corrected chi connectivity index (χ3v) is 5.12. The van der Waals surface area contributed by atoms with Crippen molar-refractivity contribution in [1.82, 2.24) is 5.32 Å². The normalized spacial score (nSPS) is 28.7. The smallest absolute Gasteiger partial charge is 0.140 e. The summed E-state index contributed by atoms with van der Waals surface area (Å²) in [7, 11) is 0. The fraction of sp³-hybridized carbons (Fsp3) is 0.938. The summed E-state index contributed by atoms with van der Waals surface area (Å²) in [5, 5.41) is 3.35. The molecule has 3 nitrogen and oxygen atoms in total. The lowest BCUT2D eigenvalue weighted by Gasteiger charge is -2.25. The molecule has 2 aliphatic rings. The molecule has 2 fully saturated rings. The molecule has 110 valence electrons. The van der Waals surface area contributed by atoms with Crippen molar-refractivity contribution in [3.05, 3.63) is 0 Å². The van der Waals surface area contributed by atoms with Gasteiger partial charge in [-0.3, -0.25) is 4.79 Å². The van der Waals surface area contributed by atoms with Gasteiger partial charge in [0.15, 0.2) is 0 Å². The van der Waals surface area contributed by atoms with E-state index in [1.807, 2.05) is 0 Å². The van der Waals surface area contributed by atoms with E-state index >= 15 is 0 Å². The standard InChI is InChI=1S/C16H29NO2/c1-2-16(9-10-17-13-16)15(18)6-4-3-5-14-7-11-19-12-8-14/h14,17H,2-13H2,1H3. The predicted molar refractivity (Wildman–Crippen MR) is 77.2 cm³/mol. The van der Waals surface area contributed by atoms with Gasteiger partial charge in [-0.15, -0.1) is 0 Å². The fourth-order valence-corrected chi connectivity index (χ4v) is 3.50. The summed E-state index contributed by atoms with van der Waals surface area (Å²) in [5.41, 5.74) is -0.0291. The van der Waals surface area contributed by atoms with Crippen LogP contribution in [0.25, 0.3) is 0 Å². The second-order valence-electron chi connectivity index (χ2n) is 6.29. The number of hydrogen-bond donors (Lipinski definition) is 1. The number of ketones is 1. The van der Waals surface area contributed by atoms with E-state index in [9.17, 15) is 4.79 Å². The second-order valence-corrected chi connectivity index (χ2v) is 6.29. The molecular formula is C16H29NO2. The second kappa shape index (κ2) is 7.39. The lowest BCUT2D eigenvalue weighted by atomic mass is 9.78. The molecule has 0 amide bonds. The van der Waals surface area contributed by atoms with Crippen LogP contribution in [-0.2, 0) is 9.53 Å². The molecule has 1 atom stereocenters. The van der Waals surface area contributed by atoms with Crippen molar-refractivity contribution in [1.29, 1.82) is 0 Å². The largest absolute Gasteiger partial charge is 0.381 e. The van der Waals surface area contributed by atoms with Crippen LogP contribution in [0.4, 0.5) is 0 Å². The van der Waals surface area contributed by atoms with Gasteiger partial charge in [0.25, 0.3) is 0 Å². The summed E-state index contributed by atoms with van der Waals surface area (Å²) >= 11 is 0. The van der Waals surface area contributed by atoms with E-state index in [-0.39, 0.29) is 5.41 Å². The van der Waals surface area contributed by atoms with Crippen LogP contribution in [0.2, 0.25) is 0 Å². The molecule has 1 unspecified atom stereocenters. The molecule has 2 rings (SSSR count). The highest BCUT2D eigenvalue weighted by Gasteiger charge is 2.38. The van der Waals surface area contributed by atoms with Crippen molar-refractivity contribution in [2.75, 3.05) is 26.3 Å². The minimum atomic E-state index is -0.0291. The first-order valence-corrected chi connectivity index (χ1v) is 8.08. The predicted octanol–water partition coefficient (Wildman–Crippen LogP) is 2.93. The minimum Gasteiger partial charge on any atom is -0.381 e. The summed E-state index contributed by atoms with van der Waals surface area (Å²) in [5.74, 6) is 1.35. The molecule has 0 bridgehead atoms. The monoisotopic (exact) mass is 267 g/mol. The van der Waals surface area contributed by atoms with Crippen LogP contribution in [0.15, 0.2) is 0 Å². The van der Waals surface area contributed by atoms with E-state index in [1.165, 1.54) is 25.7 Å². The van der Waals surface area contributed by atoms with Gasteiger partial charge in [-0.2, -0.15) is 0 Å². The van der Waals surface area contributed by atoms with E-state index in [1.54, 1.807) is 0 Å². The summed E-state index contributed by atoms with van der Waals surface area (Å²) in [6.07, 6.45) is 8.85. The molecule has 2 aliphatic heterocycles. The summed E-state index contributed by atoms with van der Waals surface area (Å²) in [6.45, 7) is 5.96.